The predicted molar refractivity (Wildman–Crippen MR) is 103 cm³/mol. The van der Waals surface area contributed by atoms with Crippen LogP contribution in [0.5, 0.6) is 17.2 Å². The highest BCUT2D eigenvalue weighted by atomic mass is 16.5. The van der Waals surface area contributed by atoms with Crippen LogP contribution in [0.15, 0.2) is 45.7 Å². The Hall–Kier alpha value is -3.81. The normalized spacial score (nSPS) is 11.0. The van der Waals surface area contributed by atoms with Gasteiger partial charge in [0.1, 0.15) is 11.3 Å². The molecular formula is C20H17N3O5. The van der Waals surface area contributed by atoms with Crippen molar-refractivity contribution in [1.82, 2.24) is 15.1 Å². The van der Waals surface area contributed by atoms with Crippen molar-refractivity contribution in [3.8, 4) is 40.1 Å². The number of hydrogen-bond acceptors (Lipinski definition) is 7. The van der Waals surface area contributed by atoms with Crippen molar-refractivity contribution in [2.45, 2.75) is 6.92 Å². The molecule has 2 N–H and O–H groups in total. The number of pyridine rings is 1. The molecule has 0 saturated carbocycles. The zero-order chi connectivity index (χ0) is 19.8. The number of aromatic nitrogens is 3. The van der Waals surface area contributed by atoms with Gasteiger partial charge in [-0.3, -0.25) is 4.79 Å². The molecule has 2 heterocycles. The summed E-state index contributed by atoms with van der Waals surface area (Å²) < 4.78 is 15.8. The van der Waals surface area contributed by atoms with Gasteiger partial charge >= 0.3 is 0 Å². The van der Waals surface area contributed by atoms with Crippen LogP contribution in [0.4, 0.5) is 0 Å². The van der Waals surface area contributed by atoms with E-state index in [9.17, 15) is 9.90 Å². The zero-order valence-corrected chi connectivity index (χ0v) is 15.4. The van der Waals surface area contributed by atoms with Crippen LogP contribution in [0.3, 0.4) is 0 Å². The van der Waals surface area contributed by atoms with Gasteiger partial charge < -0.3 is 24.1 Å². The van der Waals surface area contributed by atoms with Gasteiger partial charge in [-0.05, 0) is 37.3 Å². The molecule has 0 unspecified atom stereocenters. The highest BCUT2D eigenvalue weighted by Gasteiger charge is 2.21. The average Bonchev–Trinajstić information content (AvgIpc) is 3.17. The molecule has 0 spiro atoms. The number of aromatic amines is 1. The molecule has 0 bridgehead atoms. The SMILES string of the molecule is COc1ccc(-c2noc(-c3c(O)c4cc(C)ccc4[nH]c3=O)n2)cc1OC. The van der Waals surface area contributed by atoms with Crippen molar-refractivity contribution in [2.24, 2.45) is 0 Å². The summed E-state index contributed by atoms with van der Waals surface area (Å²) in [6.45, 7) is 1.89. The quantitative estimate of drug-likeness (QED) is 0.560. The van der Waals surface area contributed by atoms with E-state index >= 15 is 0 Å². The molecular weight excluding hydrogens is 362 g/mol. The van der Waals surface area contributed by atoms with Crippen LogP contribution in [0, 0.1) is 6.92 Å². The van der Waals surface area contributed by atoms with Crippen LogP contribution in [-0.2, 0) is 0 Å². The predicted octanol–water partition coefficient (Wildman–Crippen LogP) is 3.28. The summed E-state index contributed by atoms with van der Waals surface area (Å²) in [5, 5.41) is 15.1. The molecule has 4 rings (SSSR count). The van der Waals surface area contributed by atoms with Crippen molar-refractivity contribution in [3.05, 3.63) is 52.3 Å². The summed E-state index contributed by atoms with van der Waals surface area (Å²) in [6.07, 6.45) is 0. The molecule has 0 fully saturated rings. The van der Waals surface area contributed by atoms with E-state index in [1.54, 1.807) is 37.4 Å². The van der Waals surface area contributed by atoms with Crippen LogP contribution >= 0.6 is 0 Å². The molecule has 8 nitrogen and oxygen atoms in total. The molecule has 2 aromatic carbocycles. The average molecular weight is 379 g/mol. The lowest BCUT2D eigenvalue weighted by Gasteiger charge is -2.07. The van der Waals surface area contributed by atoms with Gasteiger partial charge in [0.05, 0.1) is 19.7 Å². The number of fused-ring (bicyclic) bond motifs is 1. The van der Waals surface area contributed by atoms with Crippen LogP contribution in [0.25, 0.3) is 33.7 Å². The molecule has 0 atom stereocenters. The van der Waals surface area contributed by atoms with Crippen molar-refractivity contribution >= 4 is 10.9 Å². The summed E-state index contributed by atoms with van der Waals surface area (Å²) in [5.74, 6) is 1.04. The smallest absolute Gasteiger partial charge is 0.267 e. The fourth-order valence-corrected chi connectivity index (χ4v) is 3.01. The number of H-pyrrole nitrogens is 1. The number of nitrogens with one attached hydrogen (secondary N) is 1. The van der Waals surface area contributed by atoms with Gasteiger partial charge in [0.25, 0.3) is 11.4 Å². The largest absolute Gasteiger partial charge is 0.506 e. The summed E-state index contributed by atoms with van der Waals surface area (Å²) in [6, 6.07) is 10.5. The number of rotatable bonds is 4. The van der Waals surface area contributed by atoms with Gasteiger partial charge in [-0.25, -0.2) is 0 Å². The summed E-state index contributed by atoms with van der Waals surface area (Å²) in [5.41, 5.74) is 1.49. The highest BCUT2D eigenvalue weighted by molar-refractivity contribution is 5.90. The lowest BCUT2D eigenvalue weighted by atomic mass is 10.1. The fraction of sp³-hybridized carbons (Fsp3) is 0.150. The Balaban J connectivity index is 1.83. The number of aryl methyl sites for hydroxylation is 1. The summed E-state index contributed by atoms with van der Waals surface area (Å²) >= 11 is 0. The molecule has 0 aliphatic rings. The van der Waals surface area contributed by atoms with Crippen LogP contribution in [0.2, 0.25) is 0 Å². The van der Waals surface area contributed by atoms with Crippen molar-refractivity contribution in [3.63, 3.8) is 0 Å². The van der Waals surface area contributed by atoms with Crippen molar-refractivity contribution in [2.75, 3.05) is 14.2 Å². The lowest BCUT2D eigenvalue weighted by Crippen LogP contribution is -2.09. The van der Waals surface area contributed by atoms with Crippen LogP contribution < -0.4 is 15.0 Å². The third-order valence-corrected chi connectivity index (χ3v) is 4.42. The van der Waals surface area contributed by atoms with E-state index in [0.29, 0.717) is 28.0 Å². The third-order valence-electron chi connectivity index (χ3n) is 4.42. The minimum absolute atomic E-state index is 0.0719. The Morgan fingerprint density at radius 3 is 2.61 bits per heavy atom. The van der Waals surface area contributed by atoms with Gasteiger partial charge in [0.2, 0.25) is 5.82 Å². The Labute approximate surface area is 159 Å². The van der Waals surface area contributed by atoms with E-state index in [-0.39, 0.29) is 23.0 Å². The first-order valence-electron chi connectivity index (χ1n) is 8.44. The molecule has 4 aromatic rings. The Bertz CT molecular complexity index is 1240. The topological polar surface area (TPSA) is 110 Å². The fourth-order valence-electron chi connectivity index (χ4n) is 3.01. The Kier molecular flexibility index (Phi) is 4.23. The third kappa shape index (κ3) is 2.84. The number of ether oxygens (including phenoxy) is 2. The molecule has 0 aliphatic heterocycles. The minimum atomic E-state index is -0.517. The first kappa shape index (κ1) is 17.6. The highest BCUT2D eigenvalue weighted by Crippen LogP contribution is 2.34. The summed E-state index contributed by atoms with van der Waals surface area (Å²) in [7, 11) is 3.07. The Morgan fingerprint density at radius 1 is 1.07 bits per heavy atom. The lowest BCUT2D eigenvalue weighted by molar-refractivity contribution is 0.355. The van der Waals surface area contributed by atoms with E-state index in [0.717, 1.165) is 5.56 Å². The second-order valence-electron chi connectivity index (χ2n) is 6.22. The second kappa shape index (κ2) is 6.73. The molecule has 0 saturated heterocycles. The molecule has 2 aromatic heterocycles. The first-order chi connectivity index (χ1) is 13.5. The number of aromatic hydroxyl groups is 1. The number of nitrogens with zero attached hydrogens (tertiary/aromatic N) is 2. The van der Waals surface area contributed by atoms with E-state index in [2.05, 4.69) is 15.1 Å². The molecule has 0 aliphatic carbocycles. The minimum Gasteiger partial charge on any atom is -0.506 e. The maximum Gasteiger partial charge on any atom is 0.267 e. The van der Waals surface area contributed by atoms with Gasteiger partial charge in [0.15, 0.2) is 11.5 Å². The maximum atomic E-state index is 12.5. The number of methoxy groups -OCH3 is 2. The van der Waals surface area contributed by atoms with Gasteiger partial charge in [-0.1, -0.05) is 16.8 Å². The van der Waals surface area contributed by atoms with Gasteiger partial charge in [-0.15, -0.1) is 0 Å². The van der Waals surface area contributed by atoms with Gasteiger partial charge in [-0.2, -0.15) is 4.98 Å². The molecule has 28 heavy (non-hydrogen) atoms. The van der Waals surface area contributed by atoms with Crippen molar-refractivity contribution in [1.29, 1.82) is 0 Å². The molecule has 8 heteroatoms. The molecule has 0 radical (unpaired) electrons. The van der Waals surface area contributed by atoms with E-state index in [1.165, 1.54) is 7.11 Å². The van der Waals surface area contributed by atoms with E-state index < -0.39 is 5.56 Å². The maximum absolute atomic E-state index is 12.5. The van der Waals surface area contributed by atoms with E-state index in [4.69, 9.17) is 14.0 Å². The second-order valence-corrected chi connectivity index (χ2v) is 6.22. The molecule has 0 amide bonds. The van der Waals surface area contributed by atoms with E-state index in [1.807, 2.05) is 13.0 Å². The summed E-state index contributed by atoms with van der Waals surface area (Å²) in [4.78, 5) is 19.5. The van der Waals surface area contributed by atoms with Crippen molar-refractivity contribution < 1.29 is 19.1 Å². The van der Waals surface area contributed by atoms with Crippen LogP contribution in [-0.4, -0.2) is 34.5 Å². The molecule has 142 valence electrons. The standard InChI is InChI=1S/C20H17N3O5/c1-10-4-6-13-12(8-10)17(24)16(19(25)21-13)20-22-18(23-28-20)11-5-7-14(26-2)15(9-11)27-3/h4-9H,1-3H3,(H2,21,24,25). The number of benzene rings is 2. The monoisotopic (exact) mass is 379 g/mol. The van der Waals surface area contributed by atoms with Gasteiger partial charge in [0, 0.05) is 10.9 Å². The zero-order valence-electron chi connectivity index (χ0n) is 15.4. The first-order valence-corrected chi connectivity index (χ1v) is 8.44. The Morgan fingerprint density at radius 2 is 1.86 bits per heavy atom. The van der Waals surface area contributed by atoms with Crippen LogP contribution in [0.1, 0.15) is 5.56 Å². The number of hydrogen-bond donors (Lipinski definition) is 2.